The first-order valence-corrected chi connectivity index (χ1v) is 6.12. The van der Waals surface area contributed by atoms with Crippen molar-refractivity contribution in [1.82, 2.24) is 0 Å². The molecule has 0 aliphatic rings. The summed E-state index contributed by atoms with van der Waals surface area (Å²) in [5, 5.41) is 2.38. The number of anilines is 2. The van der Waals surface area contributed by atoms with E-state index < -0.39 is 11.7 Å². The molecule has 0 heterocycles. The van der Waals surface area contributed by atoms with Gasteiger partial charge in [-0.2, -0.15) is 0 Å². The molecule has 0 saturated carbocycles. The molecule has 0 unspecified atom stereocenters. The van der Waals surface area contributed by atoms with Gasteiger partial charge in [-0.3, -0.25) is 4.79 Å². The average Bonchev–Trinajstić information content (AvgIpc) is 2.42. The highest BCUT2D eigenvalue weighted by atomic mass is 19.1. The molecule has 0 atom stereocenters. The highest BCUT2D eigenvalue weighted by molar-refractivity contribution is 5.92. The number of carbonyl (C=O) groups excluding carboxylic acids is 1. The van der Waals surface area contributed by atoms with Crippen LogP contribution in [-0.4, -0.2) is 46.1 Å². The Kier molecular flexibility index (Phi) is 7.56. The molecular weight excluding hydrogens is 267 g/mol. The molecule has 20 heavy (non-hydrogen) atoms. The second-order valence-electron chi connectivity index (χ2n) is 3.95. The molecule has 1 aromatic rings. The zero-order valence-electron chi connectivity index (χ0n) is 11.4. The molecule has 0 aliphatic heterocycles. The number of methoxy groups -OCH3 is 1. The van der Waals surface area contributed by atoms with Crippen molar-refractivity contribution in [3.63, 3.8) is 0 Å². The van der Waals surface area contributed by atoms with Crippen LogP contribution >= 0.6 is 0 Å². The highest BCUT2D eigenvalue weighted by Gasteiger charge is 2.07. The van der Waals surface area contributed by atoms with E-state index in [2.05, 4.69) is 5.32 Å². The lowest BCUT2D eigenvalue weighted by Gasteiger charge is -2.08. The molecule has 1 amide bonds. The fourth-order valence-electron chi connectivity index (χ4n) is 1.35. The maximum absolute atomic E-state index is 13.3. The number of carbonyl (C=O) groups is 1. The first-order valence-electron chi connectivity index (χ1n) is 6.12. The van der Waals surface area contributed by atoms with Crippen molar-refractivity contribution in [2.24, 2.45) is 0 Å². The molecule has 0 bridgehead atoms. The molecule has 112 valence electrons. The Labute approximate surface area is 117 Å². The number of hydrogen-bond donors (Lipinski definition) is 2. The van der Waals surface area contributed by atoms with E-state index in [0.29, 0.717) is 25.5 Å². The van der Waals surface area contributed by atoms with Crippen molar-refractivity contribution in [2.45, 2.75) is 0 Å². The molecule has 1 aromatic carbocycles. The molecule has 1 rings (SSSR count). The summed E-state index contributed by atoms with van der Waals surface area (Å²) in [6.45, 7) is 1.44. The van der Waals surface area contributed by atoms with Crippen molar-refractivity contribution in [3.05, 3.63) is 24.0 Å². The summed E-state index contributed by atoms with van der Waals surface area (Å²) >= 11 is 0. The Hall–Kier alpha value is -1.70. The van der Waals surface area contributed by atoms with Crippen molar-refractivity contribution in [3.8, 4) is 0 Å². The Morgan fingerprint density at radius 1 is 1.25 bits per heavy atom. The monoisotopic (exact) mass is 286 g/mol. The summed E-state index contributed by atoms with van der Waals surface area (Å²) in [4.78, 5) is 11.5. The second kappa shape index (κ2) is 9.24. The number of nitrogen functional groups attached to an aromatic ring is 1. The number of amides is 1. The van der Waals surface area contributed by atoms with Gasteiger partial charge < -0.3 is 25.3 Å². The number of rotatable bonds is 9. The van der Waals surface area contributed by atoms with Gasteiger partial charge in [0.1, 0.15) is 12.4 Å². The van der Waals surface area contributed by atoms with Crippen LogP contribution in [0.2, 0.25) is 0 Å². The highest BCUT2D eigenvalue weighted by Crippen LogP contribution is 2.17. The largest absolute Gasteiger partial charge is 0.399 e. The first-order chi connectivity index (χ1) is 9.63. The van der Waals surface area contributed by atoms with Gasteiger partial charge in [-0.1, -0.05) is 0 Å². The lowest BCUT2D eigenvalue weighted by atomic mass is 10.2. The number of ether oxygens (including phenoxy) is 3. The van der Waals surface area contributed by atoms with E-state index in [1.807, 2.05) is 0 Å². The maximum atomic E-state index is 13.3. The molecule has 0 aliphatic carbocycles. The van der Waals surface area contributed by atoms with Gasteiger partial charge in [-0.05, 0) is 18.2 Å². The second-order valence-corrected chi connectivity index (χ2v) is 3.95. The Morgan fingerprint density at radius 2 is 1.95 bits per heavy atom. The Bertz CT molecular complexity index is 429. The molecule has 0 aromatic heterocycles. The van der Waals surface area contributed by atoms with E-state index >= 15 is 0 Å². The van der Waals surface area contributed by atoms with Gasteiger partial charge in [0.25, 0.3) is 0 Å². The van der Waals surface area contributed by atoms with Crippen LogP contribution in [0.25, 0.3) is 0 Å². The summed E-state index contributed by atoms with van der Waals surface area (Å²) in [7, 11) is 1.58. The number of nitrogens with one attached hydrogen (secondary N) is 1. The van der Waals surface area contributed by atoms with E-state index in [0.717, 1.165) is 0 Å². The minimum atomic E-state index is -0.546. The molecule has 7 heteroatoms. The van der Waals surface area contributed by atoms with Crippen LogP contribution in [0, 0.1) is 5.82 Å². The van der Waals surface area contributed by atoms with Crippen LogP contribution in [0.1, 0.15) is 0 Å². The predicted octanol–water partition coefficient (Wildman–Crippen LogP) is 1.03. The van der Waals surface area contributed by atoms with Gasteiger partial charge in [-0.25, -0.2) is 4.39 Å². The first kappa shape index (κ1) is 16.4. The molecule has 0 fully saturated rings. The molecule has 6 nitrogen and oxygen atoms in total. The SMILES string of the molecule is COCCOCCOCC(=O)Nc1cc(N)ccc1F. The average molecular weight is 286 g/mol. The fraction of sp³-hybridized carbons (Fsp3) is 0.462. The van der Waals surface area contributed by atoms with E-state index in [9.17, 15) is 9.18 Å². The van der Waals surface area contributed by atoms with Crippen molar-refractivity contribution >= 4 is 17.3 Å². The van der Waals surface area contributed by atoms with Crippen molar-refractivity contribution in [2.75, 3.05) is 51.2 Å². The van der Waals surface area contributed by atoms with Crippen LogP contribution in [0.15, 0.2) is 18.2 Å². The molecule has 0 spiro atoms. The van der Waals surface area contributed by atoms with Gasteiger partial charge in [-0.15, -0.1) is 0 Å². The fourth-order valence-corrected chi connectivity index (χ4v) is 1.35. The van der Waals surface area contributed by atoms with Gasteiger partial charge in [0.15, 0.2) is 0 Å². The van der Waals surface area contributed by atoms with Gasteiger partial charge in [0.2, 0.25) is 5.91 Å². The van der Waals surface area contributed by atoms with E-state index in [4.69, 9.17) is 19.9 Å². The van der Waals surface area contributed by atoms with Crippen molar-refractivity contribution in [1.29, 1.82) is 0 Å². The summed E-state index contributed by atoms with van der Waals surface area (Å²) in [5.41, 5.74) is 5.91. The Balaban J connectivity index is 2.19. The van der Waals surface area contributed by atoms with Crippen LogP contribution in [0.3, 0.4) is 0 Å². The predicted molar refractivity (Wildman–Crippen MR) is 73.0 cm³/mol. The standard InChI is InChI=1S/C13H19FN2O4/c1-18-4-5-19-6-7-20-9-13(17)16-12-8-10(15)2-3-11(12)14/h2-3,8H,4-7,9,15H2,1H3,(H,16,17). The zero-order valence-corrected chi connectivity index (χ0v) is 11.4. The minimum absolute atomic E-state index is 0.0370. The maximum Gasteiger partial charge on any atom is 0.250 e. The number of benzene rings is 1. The summed E-state index contributed by atoms with van der Waals surface area (Å²) in [5.74, 6) is -0.998. The topological polar surface area (TPSA) is 82.8 Å². The summed E-state index contributed by atoms with van der Waals surface area (Å²) < 4.78 is 28.4. The summed E-state index contributed by atoms with van der Waals surface area (Å²) in [6.07, 6.45) is 0. The number of halogens is 1. The van der Waals surface area contributed by atoms with Crippen LogP contribution < -0.4 is 11.1 Å². The van der Waals surface area contributed by atoms with Gasteiger partial charge in [0, 0.05) is 12.8 Å². The van der Waals surface area contributed by atoms with Crippen molar-refractivity contribution < 1.29 is 23.4 Å². The van der Waals surface area contributed by atoms with E-state index in [-0.39, 0.29) is 18.9 Å². The molecular formula is C13H19FN2O4. The van der Waals surface area contributed by atoms with E-state index in [1.165, 1.54) is 18.2 Å². The van der Waals surface area contributed by atoms with Crippen LogP contribution in [-0.2, 0) is 19.0 Å². The summed E-state index contributed by atoms with van der Waals surface area (Å²) in [6, 6.07) is 3.95. The molecule has 3 N–H and O–H groups in total. The smallest absolute Gasteiger partial charge is 0.250 e. The zero-order chi connectivity index (χ0) is 14.8. The molecule has 0 radical (unpaired) electrons. The number of hydrogen-bond acceptors (Lipinski definition) is 5. The van der Waals surface area contributed by atoms with Crippen LogP contribution in [0.5, 0.6) is 0 Å². The normalized spacial score (nSPS) is 10.5. The van der Waals surface area contributed by atoms with Gasteiger partial charge >= 0.3 is 0 Å². The quantitative estimate of drug-likeness (QED) is 0.523. The third kappa shape index (κ3) is 6.46. The van der Waals surface area contributed by atoms with Gasteiger partial charge in [0.05, 0.1) is 32.1 Å². The third-order valence-electron chi connectivity index (χ3n) is 2.30. The lowest BCUT2D eigenvalue weighted by molar-refractivity contribution is -0.121. The van der Waals surface area contributed by atoms with E-state index in [1.54, 1.807) is 7.11 Å². The number of nitrogens with two attached hydrogens (primary N) is 1. The lowest BCUT2D eigenvalue weighted by Crippen LogP contribution is -2.20. The molecule has 0 saturated heterocycles. The third-order valence-corrected chi connectivity index (χ3v) is 2.30. The minimum Gasteiger partial charge on any atom is -0.399 e. The van der Waals surface area contributed by atoms with Crippen LogP contribution in [0.4, 0.5) is 15.8 Å². The Morgan fingerprint density at radius 3 is 2.70 bits per heavy atom.